The molecule has 182 valence electrons. The van der Waals surface area contributed by atoms with E-state index in [2.05, 4.69) is 62.4 Å². The fourth-order valence-electron chi connectivity index (χ4n) is 7.32. The quantitative estimate of drug-likeness (QED) is 0.435. The van der Waals surface area contributed by atoms with Crippen molar-refractivity contribution in [2.45, 2.75) is 90.1 Å². The van der Waals surface area contributed by atoms with Gasteiger partial charge >= 0.3 is 209 Å². The standard InChI is InChI=1S/2C13H13.C5H10Si.2ClH.Hf/c2*1-9-7-11-3-2-4-12(10-5-6-10)13(11)8-9;1-2-4-6-5-3-1;;;/h2*2-4,7-8,10H,5-6H2,1H3;1-5H2;2*1H;/q;;;;;+2/p-2. The van der Waals surface area contributed by atoms with Gasteiger partial charge in [0.25, 0.3) is 0 Å². The zero-order chi connectivity index (χ0) is 22.1. The summed E-state index contributed by atoms with van der Waals surface area (Å²) >= 11 is -2.13. The molecule has 2 aromatic carbocycles. The van der Waals surface area contributed by atoms with Crippen molar-refractivity contribution in [3.05, 3.63) is 80.9 Å². The van der Waals surface area contributed by atoms with Crippen LogP contribution in [-0.4, -0.2) is 5.49 Å². The summed E-state index contributed by atoms with van der Waals surface area (Å²) in [7, 11) is 0. The molecule has 0 spiro atoms. The Balaban J connectivity index is 0.00000127. The second kappa shape index (κ2) is 10.4. The first-order valence-corrected chi connectivity index (χ1v) is 25.0. The Morgan fingerprint density at radius 3 is 1.49 bits per heavy atom. The molecule has 1 heterocycles. The molecule has 2 aromatic rings. The fourth-order valence-corrected chi connectivity index (χ4v) is 45.0. The first kappa shape index (κ1) is 26.2. The second-order valence-electron chi connectivity index (χ2n) is 11.5. The molecule has 0 nitrogen and oxygen atoms in total. The molecule has 1 aliphatic heterocycles. The monoisotopic (exact) mass is 686 g/mol. The summed E-state index contributed by atoms with van der Waals surface area (Å²) < 4.78 is 1.69. The second-order valence-corrected chi connectivity index (χ2v) is 33.5. The number of fused-ring (bicyclic) bond motifs is 2. The number of halogens is 2. The minimum Gasteiger partial charge on any atom is -1.00 e. The number of hydrogen-bond donors (Lipinski definition) is 0. The van der Waals surface area contributed by atoms with Crippen molar-refractivity contribution < 1.29 is 44.9 Å². The van der Waals surface area contributed by atoms with E-state index in [0.29, 0.717) is 0 Å². The van der Waals surface area contributed by atoms with Crippen molar-refractivity contribution >= 4 is 17.6 Å². The van der Waals surface area contributed by atoms with E-state index in [0.717, 1.165) is 19.2 Å². The summed E-state index contributed by atoms with van der Waals surface area (Å²) in [5.74, 6) is 1.71. The largest absolute Gasteiger partial charge is 1.00 e. The molecule has 4 aliphatic carbocycles. The van der Waals surface area contributed by atoms with Gasteiger partial charge in [0, 0.05) is 0 Å². The molecule has 7 rings (SSSR count). The molecule has 2 saturated carbocycles. The molecule has 1 saturated heterocycles. The Bertz CT molecular complexity index is 1160. The third-order valence-corrected chi connectivity index (χ3v) is 40.8. The van der Waals surface area contributed by atoms with Crippen molar-refractivity contribution in [1.82, 2.24) is 0 Å². The first-order chi connectivity index (χ1) is 16.2. The number of allylic oxidation sites excluding steroid dienone is 2. The predicted molar refractivity (Wildman–Crippen MR) is 139 cm³/mol. The summed E-state index contributed by atoms with van der Waals surface area (Å²) in [6, 6.07) is 18.1. The zero-order valence-electron chi connectivity index (χ0n) is 21.0. The van der Waals surface area contributed by atoms with Gasteiger partial charge in [-0.05, 0) is 0 Å². The van der Waals surface area contributed by atoms with Crippen LogP contribution in [0, 0.1) is 0 Å². The van der Waals surface area contributed by atoms with E-state index < -0.39 is 20.1 Å². The van der Waals surface area contributed by atoms with Crippen molar-refractivity contribution in [3.63, 3.8) is 0 Å². The van der Waals surface area contributed by atoms with Crippen LogP contribution in [0.2, 0.25) is 12.1 Å². The van der Waals surface area contributed by atoms with Crippen LogP contribution in [0.1, 0.15) is 111 Å². The molecular formula is C31H36Cl2HfSi. The molecule has 0 amide bonds. The van der Waals surface area contributed by atoms with Crippen LogP contribution in [0.3, 0.4) is 0 Å². The molecule has 35 heavy (non-hydrogen) atoms. The van der Waals surface area contributed by atoms with Gasteiger partial charge in [-0.2, -0.15) is 0 Å². The molecule has 0 bridgehead atoms. The molecule has 4 heteroatoms. The maximum atomic E-state index is 2.67. The van der Waals surface area contributed by atoms with Crippen molar-refractivity contribution in [3.8, 4) is 0 Å². The Kier molecular flexibility index (Phi) is 7.78. The Morgan fingerprint density at radius 1 is 0.629 bits per heavy atom. The molecule has 3 fully saturated rings. The van der Waals surface area contributed by atoms with Gasteiger partial charge in [0.15, 0.2) is 0 Å². The van der Waals surface area contributed by atoms with Gasteiger partial charge < -0.3 is 24.8 Å². The minimum atomic E-state index is -2.13. The number of hydrogen-bond acceptors (Lipinski definition) is 0. The van der Waals surface area contributed by atoms with Gasteiger partial charge in [0.2, 0.25) is 0 Å². The van der Waals surface area contributed by atoms with Gasteiger partial charge in [-0.15, -0.1) is 0 Å². The smallest absolute Gasteiger partial charge is 1.00 e. The first-order valence-electron chi connectivity index (χ1n) is 13.5. The maximum absolute atomic E-state index is 2.67. The van der Waals surface area contributed by atoms with E-state index in [1.807, 2.05) is 0 Å². The van der Waals surface area contributed by atoms with E-state index >= 15 is 0 Å². The van der Waals surface area contributed by atoms with Crippen molar-refractivity contribution in [2.75, 3.05) is 0 Å². The average molecular weight is 686 g/mol. The van der Waals surface area contributed by atoms with Crippen LogP contribution in [0.25, 0.3) is 12.2 Å². The molecular weight excluding hydrogens is 650 g/mol. The minimum absolute atomic E-state index is 0. The fraction of sp³-hybridized carbons (Fsp3) is 0.484. The zero-order valence-corrected chi connectivity index (χ0v) is 27.2. The van der Waals surface area contributed by atoms with E-state index in [9.17, 15) is 0 Å². The summed E-state index contributed by atoms with van der Waals surface area (Å²) in [6.07, 6.45) is 15.5. The third kappa shape index (κ3) is 4.57. The van der Waals surface area contributed by atoms with Crippen LogP contribution >= 0.6 is 0 Å². The molecule has 0 radical (unpaired) electrons. The van der Waals surface area contributed by atoms with Crippen LogP contribution in [0.15, 0.2) is 47.5 Å². The molecule has 2 atom stereocenters. The summed E-state index contributed by atoms with van der Waals surface area (Å²) in [5, 5.41) is 0. The molecule has 0 aromatic heterocycles. The third-order valence-electron chi connectivity index (χ3n) is 9.15. The maximum Gasteiger partial charge on any atom is -1.00 e. The molecule has 5 aliphatic rings. The molecule has 2 unspecified atom stereocenters. The van der Waals surface area contributed by atoms with Gasteiger partial charge in [-0.25, -0.2) is 0 Å². The Labute approximate surface area is 232 Å². The van der Waals surface area contributed by atoms with E-state index in [1.54, 1.807) is 56.6 Å². The van der Waals surface area contributed by atoms with E-state index in [4.69, 9.17) is 0 Å². The SMILES string of the molecule is CC1=Cc2c(C3CC3)cccc2[CH]1[Hf+2]([CH]1C(C)=Cc2c(C3CC3)cccc21)=[Si]1CCCCC1.[Cl-].[Cl-]. The topological polar surface area (TPSA) is 0 Å². The van der Waals surface area contributed by atoms with E-state index in [-0.39, 0.29) is 30.3 Å². The number of rotatable bonds is 4. The van der Waals surface area contributed by atoms with E-state index in [1.165, 1.54) is 44.9 Å². The summed E-state index contributed by atoms with van der Waals surface area (Å²) in [4.78, 5) is 0. The Morgan fingerprint density at radius 2 is 1.06 bits per heavy atom. The van der Waals surface area contributed by atoms with Crippen LogP contribution in [0.4, 0.5) is 0 Å². The summed E-state index contributed by atoms with van der Waals surface area (Å²) in [5.41, 5.74) is 13.6. The van der Waals surface area contributed by atoms with Crippen LogP contribution < -0.4 is 24.8 Å². The van der Waals surface area contributed by atoms with Gasteiger partial charge in [-0.3, -0.25) is 0 Å². The average Bonchev–Trinajstić information content (AvgIpc) is 3.76. The van der Waals surface area contributed by atoms with Gasteiger partial charge in [0.1, 0.15) is 0 Å². The van der Waals surface area contributed by atoms with Gasteiger partial charge in [-0.1, -0.05) is 0 Å². The van der Waals surface area contributed by atoms with Crippen LogP contribution in [0.5, 0.6) is 0 Å². The van der Waals surface area contributed by atoms with Crippen molar-refractivity contribution in [1.29, 1.82) is 0 Å². The molecule has 0 N–H and O–H groups in total. The predicted octanol–water partition coefficient (Wildman–Crippen LogP) is 2.86. The number of benzene rings is 2. The van der Waals surface area contributed by atoms with Crippen LogP contribution in [-0.2, 0) is 20.1 Å². The van der Waals surface area contributed by atoms with Crippen molar-refractivity contribution in [2.24, 2.45) is 0 Å². The van der Waals surface area contributed by atoms with Gasteiger partial charge in [0.05, 0.1) is 0 Å². The Hall–Kier alpha value is -0.413. The normalized spacial score (nSPS) is 24.3. The summed E-state index contributed by atoms with van der Waals surface area (Å²) in [6.45, 7) is 5.04.